The fourth-order valence-corrected chi connectivity index (χ4v) is 2.28. The van der Waals surface area contributed by atoms with E-state index in [9.17, 15) is 18.3 Å². The summed E-state index contributed by atoms with van der Waals surface area (Å²) < 4.78 is 39.2. The summed E-state index contributed by atoms with van der Waals surface area (Å²) in [5.41, 5.74) is 0.684. The molecule has 1 unspecified atom stereocenters. The highest BCUT2D eigenvalue weighted by atomic mass is 35.5. The predicted octanol–water partition coefficient (Wildman–Crippen LogP) is 2.94. The van der Waals surface area contributed by atoms with E-state index in [1.807, 2.05) is 0 Å². The molecule has 0 spiro atoms. The van der Waals surface area contributed by atoms with Crippen molar-refractivity contribution in [1.29, 1.82) is 0 Å². The van der Waals surface area contributed by atoms with Crippen molar-refractivity contribution < 1.29 is 18.3 Å². The van der Waals surface area contributed by atoms with Crippen LogP contribution < -0.4 is 5.32 Å². The highest BCUT2D eigenvalue weighted by Gasteiger charge is 2.37. The monoisotopic (exact) mass is 357 g/mol. The number of aliphatic hydroxyl groups excluding tert-OH is 1. The molecule has 0 aliphatic heterocycles. The first-order valence-corrected chi connectivity index (χ1v) is 7.19. The lowest BCUT2D eigenvalue weighted by molar-refractivity contribution is -0.146. The Kier molecular flexibility index (Phi) is 4.29. The van der Waals surface area contributed by atoms with Crippen LogP contribution in [0.25, 0.3) is 5.65 Å². The largest absolute Gasteiger partial charge is 0.453 e. The van der Waals surface area contributed by atoms with Gasteiger partial charge in [-0.15, -0.1) is 15.3 Å². The number of benzene rings is 1. The smallest absolute Gasteiger partial charge is 0.394 e. The first-order chi connectivity index (χ1) is 11.4. The van der Waals surface area contributed by atoms with E-state index in [1.54, 1.807) is 24.3 Å². The predicted molar refractivity (Wildman–Crippen MR) is 80.7 cm³/mol. The zero-order chi connectivity index (χ0) is 17.3. The van der Waals surface area contributed by atoms with E-state index in [-0.39, 0.29) is 18.1 Å². The zero-order valence-corrected chi connectivity index (χ0v) is 12.8. The third kappa shape index (κ3) is 3.26. The minimum absolute atomic E-state index is 0.0279. The van der Waals surface area contributed by atoms with Gasteiger partial charge in [-0.05, 0) is 29.8 Å². The molecule has 126 valence electrons. The molecule has 0 amide bonds. The van der Waals surface area contributed by atoms with E-state index in [4.69, 9.17) is 11.6 Å². The summed E-state index contributed by atoms with van der Waals surface area (Å²) in [5.74, 6) is -1.07. The van der Waals surface area contributed by atoms with Gasteiger partial charge in [0.15, 0.2) is 5.65 Å². The summed E-state index contributed by atoms with van der Waals surface area (Å²) in [5, 5.41) is 23.3. The molecule has 0 aliphatic rings. The maximum absolute atomic E-state index is 12.9. The minimum Gasteiger partial charge on any atom is -0.394 e. The van der Waals surface area contributed by atoms with Crippen molar-refractivity contribution >= 4 is 23.1 Å². The summed E-state index contributed by atoms with van der Waals surface area (Å²) in [7, 11) is 0. The number of halogens is 4. The van der Waals surface area contributed by atoms with Crippen molar-refractivity contribution in [2.45, 2.75) is 12.2 Å². The number of hydrogen-bond donors (Lipinski definition) is 2. The van der Waals surface area contributed by atoms with E-state index in [0.717, 1.165) is 0 Å². The fraction of sp³-hybridized carbons (Fsp3) is 0.214. The van der Waals surface area contributed by atoms with E-state index in [2.05, 4.69) is 20.6 Å². The SMILES string of the molecule is OCC(Nc1ccc2nnc(C(F)(F)F)n2n1)c1ccc(Cl)cc1. The Bertz CT molecular complexity index is 850. The second kappa shape index (κ2) is 6.25. The van der Waals surface area contributed by atoms with Crippen LogP contribution >= 0.6 is 11.6 Å². The van der Waals surface area contributed by atoms with E-state index >= 15 is 0 Å². The van der Waals surface area contributed by atoms with Gasteiger partial charge >= 0.3 is 6.18 Å². The van der Waals surface area contributed by atoms with E-state index in [1.165, 1.54) is 12.1 Å². The van der Waals surface area contributed by atoms with Crippen LogP contribution in [0.15, 0.2) is 36.4 Å². The first-order valence-electron chi connectivity index (χ1n) is 6.81. The summed E-state index contributed by atoms with van der Waals surface area (Å²) in [6.07, 6.45) is -4.67. The zero-order valence-electron chi connectivity index (χ0n) is 12.0. The maximum Gasteiger partial charge on any atom is 0.453 e. The molecule has 10 heteroatoms. The molecule has 0 fully saturated rings. The molecule has 1 aromatic carbocycles. The van der Waals surface area contributed by atoms with Crippen LogP contribution in [0.4, 0.5) is 19.0 Å². The van der Waals surface area contributed by atoms with Gasteiger partial charge in [-0.1, -0.05) is 23.7 Å². The second-order valence-electron chi connectivity index (χ2n) is 4.94. The van der Waals surface area contributed by atoms with Gasteiger partial charge in [0.05, 0.1) is 12.6 Å². The molecule has 0 aliphatic carbocycles. The Balaban J connectivity index is 1.92. The summed E-state index contributed by atoms with van der Waals surface area (Å²) >= 11 is 5.81. The average Bonchev–Trinajstić information content (AvgIpc) is 2.97. The highest BCUT2D eigenvalue weighted by Crippen LogP contribution is 2.28. The van der Waals surface area contributed by atoms with Crippen molar-refractivity contribution in [3.8, 4) is 0 Å². The van der Waals surface area contributed by atoms with Crippen LogP contribution in [0.3, 0.4) is 0 Å². The van der Waals surface area contributed by atoms with Crippen LogP contribution in [-0.2, 0) is 6.18 Å². The molecule has 0 saturated carbocycles. The molecular formula is C14H11ClF3N5O. The number of nitrogens with one attached hydrogen (secondary N) is 1. The Morgan fingerprint density at radius 1 is 1.12 bits per heavy atom. The Labute approximate surface area is 138 Å². The van der Waals surface area contributed by atoms with Crippen molar-refractivity contribution in [2.24, 2.45) is 0 Å². The number of rotatable bonds is 4. The fourth-order valence-electron chi connectivity index (χ4n) is 2.15. The number of aliphatic hydroxyl groups is 1. The molecule has 24 heavy (non-hydrogen) atoms. The topological polar surface area (TPSA) is 75.3 Å². The van der Waals surface area contributed by atoms with Gasteiger partial charge in [-0.3, -0.25) is 0 Å². The van der Waals surface area contributed by atoms with Crippen molar-refractivity contribution in [3.05, 3.63) is 52.8 Å². The summed E-state index contributed by atoms with van der Waals surface area (Å²) in [4.78, 5) is 0. The molecule has 0 bridgehead atoms. The van der Waals surface area contributed by atoms with Crippen LogP contribution in [0.1, 0.15) is 17.4 Å². The van der Waals surface area contributed by atoms with Gasteiger partial charge < -0.3 is 10.4 Å². The number of anilines is 1. The molecule has 0 saturated heterocycles. The number of nitrogens with zero attached hydrogens (tertiary/aromatic N) is 4. The van der Waals surface area contributed by atoms with E-state index < -0.39 is 18.0 Å². The lowest BCUT2D eigenvalue weighted by Crippen LogP contribution is -2.17. The third-order valence-electron chi connectivity index (χ3n) is 3.29. The molecule has 2 heterocycles. The Morgan fingerprint density at radius 2 is 1.83 bits per heavy atom. The van der Waals surface area contributed by atoms with Gasteiger partial charge in [0.25, 0.3) is 5.82 Å². The van der Waals surface area contributed by atoms with E-state index in [0.29, 0.717) is 15.1 Å². The summed E-state index contributed by atoms with van der Waals surface area (Å²) in [6.45, 7) is -0.282. The van der Waals surface area contributed by atoms with Crippen molar-refractivity contribution in [1.82, 2.24) is 19.8 Å². The van der Waals surface area contributed by atoms with Gasteiger partial charge in [-0.2, -0.15) is 17.7 Å². The quantitative estimate of drug-likeness (QED) is 0.751. The minimum atomic E-state index is -4.67. The van der Waals surface area contributed by atoms with Crippen LogP contribution in [0, 0.1) is 0 Å². The lowest BCUT2D eigenvalue weighted by Gasteiger charge is -2.17. The molecule has 2 aromatic heterocycles. The number of hydrogen-bond acceptors (Lipinski definition) is 5. The van der Waals surface area contributed by atoms with Crippen LogP contribution in [-0.4, -0.2) is 31.5 Å². The normalized spacial score (nSPS) is 13.2. The standard InChI is InChI=1S/C14H11ClF3N5O/c15-9-3-1-8(2-4-9)10(7-24)19-11-5-6-12-20-21-13(14(16,17)18)23(12)22-11/h1-6,10,24H,7H2,(H,19,22). The Hall–Kier alpha value is -2.39. The lowest BCUT2D eigenvalue weighted by atomic mass is 10.1. The molecule has 3 aromatic rings. The van der Waals surface area contributed by atoms with Crippen molar-refractivity contribution in [3.63, 3.8) is 0 Å². The molecule has 6 nitrogen and oxygen atoms in total. The van der Waals surface area contributed by atoms with Crippen LogP contribution in [0.2, 0.25) is 5.02 Å². The van der Waals surface area contributed by atoms with Crippen molar-refractivity contribution in [2.75, 3.05) is 11.9 Å². The van der Waals surface area contributed by atoms with Gasteiger partial charge in [-0.25, -0.2) is 0 Å². The average molecular weight is 358 g/mol. The number of alkyl halides is 3. The maximum atomic E-state index is 12.9. The molecule has 3 rings (SSSR count). The molecular weight excluding hydrogens is 347 g/mol. The molecule has 2 N–H and O–H groups in total. The first kappa shape index (κ1) is 16.5. The van der Waals surface area contributed by atoms with Gasteiger partial charge in [0.2, 0.25) is 0 Å². The number of aromatic nitrogens is 4. The van der Waals surface area contributed by atoms with Crippen LogP contribution in [0.5, 0.6) is 0 Å². The second-order valence-corrected chi connectivity index (χ2v) is 5.38. The summed E-state index contributed by atoms with van der Waals surface area (Å²) in [6, 6.07) is 8.97. The third-order valence-corrected chi connectivity index (χ3v) is 3.55. The molecule has 0 radical (unpaired) electrons. The highest BCUT2D eigenvalue weighted by molar-refractivity contribution is 6.30. The Morgan fingerprint density at radius 3 is 2.46 bits per heavy atom. The molecule has 1 atom stereocenters. The van der Waals surface area contributed by atoms with Gasteiger partial charge in [0, 0.05) is 5.02 Å². The van der Waals surface area contributed by atoms with Gasteiger partial charge in [0.1, 0.15) is 5.82 Å². The number of fused-ring (bicyclic) bond motifs is 1.